The molecule has 2 aromatic carbocycles. The van der Waals surface area contributed by atoms with Gasteiger partial charge in [0.05, 0.1) is 5.75 Å². The highest BCUT2D eigenvalue weighted by atomic mass is 32.2. The molecule has 8 heteroatoms. The SMILES string of the molecule is CCn1c(SCC(=O)Nc2ccc(C(=O)N(C)C)cc2)nnc1-c1ccccc1. The molecule has 0 saturated carbocycles. The summed E-state index contributed by atoms with van der Waals surface area (Å²) in [7, 11) is 3.40. The topological polar surface area (TPSA) is 80.1 Å². The van der Waals surface area contributed by atoms with Gasteiger partial charge in [-0.1, -0.05) is 42.1 Å². The Hall–Kier alpha value is -3.13. The summed E-state index contributed by atoms with van der Waals surface area (Å²) in [5.74, 6) is 0.781. The Balaban J connectivity index is 1.61. The zero-order valence-corrected chi connectivity index (χ0v) is 17.4. The monoisotopic (exact) mass is 409 g/mol. The first-order valence-electron chi connectivity index (χ1n) is 9.22. The Morgan fingerprint density at radius 3 is 2.34 bits per heavy atom. The van der Waals surface area contributed by atoms with Crippen molar-refractivity contribution in [1.29, 1.82) is 0 Å². The molecule has 0 aliphatic heterocycles. The number of benzene rings is 2. The van der Waals surface area contributed by atoms with E-state index in [1.165, 1.54) is 16.7 Å². The number of carbonyl (C=O) groups is 2. The van der Waals surface area contributed by atoms with E-state index >= 15 is 0 Å². The van der Waals surface area contributed by atoms with Crippen LogP contribution in [0.15, 0.2) is 59.8 Å². The van der Waals surface area contributed by atoms with E-state index in [-0.39, 0.29) is 17.6 Å². The highest BCUT2D eigenvalue weighted by Gasteiger charge is 2.14. The van der Waals surface area contributed by atoms with Crippen LogP contribution in [0.3, 0.4) is 0 Å². The molecule has 0 bridgehead atoms. The lowest BCUT2D eigenvalue weighted by molar-refractivity contribution is -0.113. The first kappa shape index (κ1) is 20.6. The maximum Gasteiger partial charge on any atom is 0.253 e. The number of nitrogens with zero attached hydrogens (tertiary/aromatic N) is 4. The molecular formula is C21H23N5O2S. The Kier molecular flexibility index (Phi) is 6.66. The molecule has 0 saturated heterocycles. The van der Waals surface area contributed by atoms with Gasteiger partial charge in [0.1, 0.15) is 0 Å². The van der Waals surface area contributed by atoms with Gasteiger partial charge in [-0.15, -0.1) is 10.2 Å². The molecule has 0 fully saturated rings. The van der Waals surface area contributed by atoms with Gasteiger partial charge in [-0.25, -0.2) is 0 Å². The van der Waals surface area contributed by atoms with Crippen LogP contribution in [0, 0.1) is 0 Å². The van der Waals surface area contributed by atoms with Gasteiger partial charge in [0.15, 0.2) is 11.0 Å². The molecule has 0 unspecified atom stereocenters. The number of rotatable bonds is 7. The van der Waals surface area contributed by atoms with Crippen molar-refractivity contribution in [2.45, 2.75) is 18.6 Å². The van der Waals surface area contributed by atoms with Crippen molar-refractivity contribution in [2.75, 3.05) is 25.2 Å². The summed E-state index contributed by atoms with van der Waals surface area (Å²) in [6, 6.07) is 16.7. The Labute approximate surface area is 174 Å². The number of anilines is 1. The lowest BCUT2D eigenvalue weighted by Gasteiger charge is -2.11. The first-order chi connectivity index (χ1) is 14.0. The number of thioether (sulfide) groups is 1. The number of amides is 2. The van der Waals surface area contributed by atoms with E-state index in [9.17, 15) is 9.59 Å². The molecule has 0 aliphatic rings. The zero-order valence-electron chi connectivity index (χ0n) is 16.6. The fourth-order valence-electron chi connectivity index (χ4n) is 2.76. The van der Waals surface area contributed by atoms with Crippen LogP contribution in [0.5, 0.6) is 0 Å². The quantitative estimate of drug-likeness (QED) is 0.605. The second kappa shape index (κ2) is 9.38. The molecule has 1 aromatic heterocycles. The fourth-order valence-corrected chi connectivity index (χ4v) is 3.57. The minimum absolute atomic E-state index is 0.0773. The summed E-state index contributed by atoms with van der Waals surface area (Å²) in [6.45, 7) is 2.74. The van der Waals surface area contributed by atoms with E-state index < -0.39 is 0 Å². The maximum absolute atomic E-state index is 12.3. The Bertz CT molecular complexity index is 984. The van der Waals surface area contributed by atoms with E-state index in [0.717, 1.165) is 11.4 Å². The van der Waals surface area contributed by atoms with Gasteiger partial charge in [-0.3, -0.25) is 9.59 Å². The lowest BCUT2D eigenvalue weighted by atomic mass is 10.2. The van der Waals surface area contributed by atoms with Gasteiger partial charge in [0.25, 0.3) is 5.91 Å². The first-order valence-corrected chi connectivity index (χ1v) is 10.2. The smallest absolute Gasteiger partial charge is 0.253 e. The van der Waals surface area contributed by atoms with E-state index in [4.69, 9.17) is 0 Å². The Morgan fingerprint density at radius 1 is 1.03 bits per heavy atom. The molecule has 2 amide bonds. The van der Waals surface area contributed by atoms with E-state index in [1.54, 1.807) is 38.4 Å². The van der Waals surface area contributed by atoms with Crippen LogP contribution in [-0.4, -0.2) is 51.3 Å². The third kappa shape index (κ3) is 5.03. The van der Waals surface area contributed by atoms with Gasteiger partial charge in [-0.2, -0.15) is 0 Å². The molecule has 0 atom stereocenters. The maximum atomic E-state index is 12.3. The normalized spacial score (nSPS) is 10.6. The van der Waals surface area contributed by atoms with Crippen LogP contribution in [0.4, 0.5) is 5.69 Å². The van der Waals surface area contributed by atoms with Crippen molar-refractivity contribution in [3.8, 4) is 11.4 Å². The highest BCUT2D eigenvalue weighted by molar-refractivity contribution is 7.99. The summed E-state index contributed by atoms with van der Waals surface area (Å²) in [5, 5.41) is 12.1. The second-order valence-corrected chi connectivity index (χ2v) is 7.47. The van der Waals surface area contributed by atoms with Crippen molar-refractivity contribution in [3.05, 3.63) is 60.2 Å². The average Bonchev–Trinajstić information content (AvgIpc) is 3.16. The van der Waals surface area contributed by atoms with Crippen LogP contribution >= 0.6 is 11.8 Å². The zero-order chi connectivity index (χ0) is 20.8. The summed E-state index contributed by atoms with van der Waals surface area (Å²) in [4.78, 5) is 25.8. The van der Waals surface area contributed by atoms with Gasteiger partial charge in [-0.05, 0) is 31.2 Å². The molecule has 29 heavy (non-hydrogen) atoms. The second-order valence-electron chi connectivity index (χ2n) is 6.53. The lowest BCUT2D eigenvalue weighted by Crippen LogP contribution is -2.21. The van der Waals surface area contributed by atoms with Gasteiger partial charge in [0.2, 0.25) is 5.91 Å². The van der Waals surface area contributed by atoms with Crippen molar-refractivity contribution >= 4 is 29.3 Å². The fraction of sp³-hybridized carbons (Fsp3) is 0.238. The molecule has 3 rings (SSSR count). The van der Waals surface area contributed by atoms with Crippen molar-refractivity contribution in [2.24, 2.45) is 0 Å². The minimum atomic E-state index is -0.145. The molecule has 150 valence electrons. The molecule has 0 radical (unpaired) electrons. The summed E-state index contributed by atoms with van der Waals surface area (Å²) in [5.41, 5.74) is 2.21. The Morgan fingerprint density at radius 2 is 1.72 bits per heavy atom. The van der Waals surface area contributed by atoms with Crippen molar-refractivity contribution in [3.63, 3.8) is 0 Å². The van der Waals surface area contributed by atoms with Crippen molar-refractivity contribution in [1.82, 2.24) is 19.7 Å². The molecule has 7 nitrogen and oxygen atoms in total. The summed E-state index contributed by atoms with van der Waals surface area (Å²) >= 11 is 1.34. The minimum Gasteiger partial charge on any atom is -0.345 e. The number of carbonyl (C=O) groups excluding carboxylic acids is 2. The third-order valence-electron chi connectivity index (χ3n) is 4.22. The standard InChI is InChI=1S/C21H23N5O2S/c1-4-26-19(15-8-6-5-7-9-15)23-24-21(26)29-14-18(27)22-17-12-10-16(11-13-17)20(28)25(2)3/h5-13H,4,14H2,1-3H3,(H,22,27). The number of hydrogen-bond donors (Lipinski definition) is 1. The van der Waals surface area contributed by atoms with Crippen LogP contribution in [-0.2, 0) is 11.3 Å². The highest BCUT2D eigenvalue weighted by Crippen LogP contribution is 2.24. The number of aromatic nitrogens is 3. The van der Waals surface area contributed by atoms with Crippen molar-refractivity contribution < 1.29 is 9.59 Å². The number of hydrogen-bond acceptors (Lipinski definition) is 5. The molecule has 0 aliphatic carbocycles. The van der Waals surface area contributed by atoms with E-state index in [0.29, 0.717) is 23.0 Å². The van der Waals surface area contributed by atoms with Crippen LogP contribution < -0.4 is 5.32 Å². The van der Waals surface area contributed by atoms with Gasteiger partial charge >= 0.3 is 0 Å². The van der Waals surface area contributed by atoms with Gasteiger partial charge in [0, 0.05) is 37.5 Å². The van der Waals surface area contributed by atoms with Crippen LogP contribution in [0.1, 0.15) is 17.3 Å². The average molecular weight is 410 g/mol. The van der Waals surface area contributed by atoms with E-state index in [2.05, 4.69) is 15.5 Å². The van der Waals surface area contributed by atoms with Crippen LogP contribution in [0.2, 0.25) is 0 Å². The van der Waals surface area contributed by atoms with E-state index in [1.807, 2.05) is 41.8 Å². The largest absolute Gasteiger partial charge is 0.345 e. The molecule has 3 aromatic rings. The summed E-state index contributed by atoms with van der Waals surface area (Å²) in [6.07, 6.45) is 0. The molecular weight excluding hydrogens is 386 g/mol. The predicted octanol–water partition coefficient (Wildman–Crippen LogP) is 3.40. The number of nitrogens with one attached hydrogen (secondary N) is 1. The van der Waals surface area contributed by atoms with Crippen LogP contribution in [0.25, 0.3) is 11.4 Å². The molecule has 1 N–H and O–H groups in total. The summed E-state index contributed by atoms with van der Waals surface area (Å²) < 4.78 is 1.99. The molecule has 1 heterocycles. The molecule has 0 spiro atoms. The predicted molar refractivity (Wildman–Crippen MR) is 115 cm³/mol. The third-order valence-corrected chi connectivity index (χ3v) is 5.19. The van der Waals surface area contributed by atoms with Gasteiger partial charge < -0.3 is 14.8 Å².